The fraction of sp³-hybridized carbons (Fsp3) is 0.381. The van der Waals surface area contributed by atoms with E-state index in [0.717, 1.165) is 18.6 Å². The van der Waals surface area contributed by atoms with Crippen LogP contribution in [0.2, 0.25) is 0 Å². The molecule has 0 radical (unpaired) electrons. The number of halogens is 1. The number of carbonyl (C=O) groups excluding carboxylic acids is 1. The summed E-state index contributed by atoms with van der Waals surface area (Å²) in [4.78, 5) is 14.3. The Labute approximate surface area is 180 Å². The third-order valence-electron chi connectivity index (χ3n) is 5.23. The molecule has 2 amide bonds. The first-order valence-electron chi connectivity index (χ1n) is 10.1. The Bertz CT molecular complexity index is 1040. The molecule has 166 valence electrons. The minimum atomic E-state index is -3.74. The second kappa shape index (κ2) is 9.11. The maximum absolute atomic E-state index is 13.0. The third kappa shape index (κ3) is 5.26. The molecule has 0 unspecified atom stereocenters. The number of nitrogens with one attached hydrogen (secondary N) is 2. The number of sulfonamides is 1. The molecule has 0 aromatic heterocycles. The molecular formula is C21H24FN3O5S. The monoisotopic (exact) mass is 449 g/mol. The van der Waals surface area contributed by atoms with Crippen LogP contribution in [0.3, 0.4) is 0 Å². The molecule has 2 aromatic rings. The largest absolute Gasteiger partial charge is 0.490 e. The Morgan fingerprint density at radius 1 is 1.00 bits per heavy atom. The van der Waals surface area contributed by atoms with Crippen molar-refractivity contribution < 1.29 is 27.1 Å². The average molecular weight is 450 g/mol. The lowest BCUT2D eigenvalue weighted by Gasteiger charge is -2.32. The topological polar surface area (TPSA) is 97.0 Å². The van der Waals surface area contributed by atoms with E-state index in [0.29, 0.717) is 56.3 Å². The number of rotatable bonds is 4. The first kappa shape index (κ1) is 21.4. The van der Waals surface area contributed by atoms with Gasteiger partial charge in [-0.05, 0) is 49.2 Å². The van der Waals surface area contributed by atoms with Crippen LogP contribution in [0, 0.1) is 5.82 Å². The van der Waals surface area contributed by atoms with E-state index in [1.165, 1.54) is 12.1 Å². The standard InChI is InChI=1S/C21H24FN3O5S/c22-15-2-5-18(6-3-15)31(27,28)24-16-8-10-25(11-9-16)21(26)23-17-4-7-19-20(14-17)30-13-1-12-29-19/h2-7,14,16,24H,1,8-13H2,(H,23,26). The van der Waals surface area contributed by atoms with Crippen molar-refractivity contribution in [2.75, 3.05) is 31.6 Å². The van der Waals surface area contributed by atoms with E-state index in [1.54, 1.807) is 23.1 Å². The number of hydrogen-bond donors (Lipinski definition) is 2. The van der Waals surface area contributed by atoms with Gasteiger partial charge < -0.3 is 19.7 Å². The van der Waals surface area contributed by atoms with Crippen LogP contribution in [-0.4, -0.2) is 51.7 Å². The predicted octanol–water partition coefficient (Wildman–Crippen LogP) is 2.96. The zero-order valence-electron chi connectivity index (χ0n) is 16.8. The SMILES string of the molecule is O=C(Nc1ccc2c(c1)OCCCO2)N1CCC(NS(=O)(=O)c2ccc(F)cc2)CC1. The van der Waals surface area contributed by atoms with Gasteiger partial charge >= 0.3 is 6.03 Å². The Kier molecular flexibility index (Phi) is 6.28. The third-order valence-corrected chi connectivity index (χ3v) is 6.76. The van der Waals surface area contributed by atoms with E-state index in [-0.39, 0.29) is 17.0 Å². The summed E-state index contributed by atoms with van der Waals surface area (Å²) in [5.74, 6) is 0.765. The minimum absolute atomic E-state index is 0.0171. The zero-order valence-corrected chi connectivity index (χ0v) is 17.7. The number of amides is 2. The zero-order chi connectivity index (χ0) is 21.8. The van der Waals surface area contributed by atoms with Crippen LogP contribution in [0.15, 0.2) is 47.4 Å². The maximum Gasteiger partial charge on any atom is 0.321 e. The smallest absolute Gasteiger partial charge is 0.321 e. The molecule has 0 aliphatic carbocycles. The van der Waals surface area contributed by atoms with Gasteiger partial charge in [0.25, 0.3) is 0 Å². The van der Waals surface area contributed by atoms with Crippen LogP contribution < -0.4 is 19.5 Å². The Morgan fingerprint density at radius 2 is 1.68 bits per heavy atom. The summed E-state index contributed by atoms with van der Waals surface area (Å²) < 4.78 is 51.8. The lowest BCUT2D eigenvalue weighted by atomic mass is 10.1. The maximum atomic E-state index is 13.0. The van der Waals surface area contributed by atoms with Crippen LogP contribution in [0.5, 0.6) is 11.5 Å². The van der Waals surface area contributed by atoms with Crippen molar-refractivity contribution in [1.29, 1.82) is 0 Å². The van der Waals surface area contributed by atoms with E-state index in [1.807, 2.05) is 0 Å². The Hall–Kier alpha value is -2.85. The van der Waals surface area contributed by atoms with Crippen molar-refractivity contribution in [3.8, 4) is 11.5 Å². The molecule has 8 nitrogen and oxygen atoms in total. The highest BCUT2D eigenvalue weighted by Crippen LogP contribution is 2.32. The molecule has 2 N–H and O–H groups in total. The predicted molar refractivity (Wildman–Crippen MR) is 112 cm³/mol. The van der Waals surface area contributed by atoms with E-state index in [9.17, 15) is 17.6 Å². The molecule has 2 aliphatic rings. The van der Waals surface area contributed by atoms with E-state index in [4.69, 9.17) is 9.47 Å². The summed E-state index contributed by atoms with van der Waals surface area (Å²) >= 11 is 0. The summed E-state index contributed by atoms with van der Waals surface area (Å²) in [6, 6.07) is 9.41. The fourth-order valence-corrected chi connectivity index (χ4v) is 4.85. The molecular weight excluding hydrogens is 425 g/mol. The number of fused-ring (bicyclic) bond motifs is 1. The average Bonchev–Trinajstić information content (AvgIpc) is 2.99. The summed E-state index contributed by atoms with van der Waals surface area (Å²) in [6.07, 6.45) is 1.76. The first-order valence-corrected chi connectivity index (χ1v) is 11.6. The summed E-state index contributed by atoms with van der Waals surface area (Å²) in [6.45, 7) is 1.98. The Balaban J connectivity index is 1.31. The number of ether oxygens (including phenoxy) is 2. The van der Waals surface area contributed by atoms with Gasteiger partial charge in [0, 0.05) is 37.3 Å². The summed E-state index contributed by atoms with van der Waals surface area (Å²) in [5.41, 5.74) is 0.605. The molecule has 1 saturated heterocycles. The van der Waals surface area contributed by atoms with Gasteiger partial charge in [-0.3, -0.25) is 0 Å². The normalized spacial score (nSPS) is 17.1. The van der Waals surface area contributed by atoms with Gasteiger partial charge in [-0.1, -0.05) is 0 Å². The van der Waals surface area contributed by atoms with Crippen molar-refractivity contribution in [3.63, 3.8) is 0 Å². The minimum Gasteiger partial charge on any atom is -0.490 e. The van der Waals surface area contributed by atoms with Crippen LogP contribution in [0.4, 0.5) is 14.9 Å². The van der Waals surface area contributed by atoms with Crippen molar-refractivity contribution in [3.05, 3.63) is 48.3 Å². The fourth-order valence-electron chi connectivity index (χ4n) is 3.55. The number of nitrogens with zero attached hydrogens (tertiary/aromatic N) is 1. The molecule has 2 aromatic carbocycles. The second-order valence-corrected chi connectivity index (χ2v) is 9.19. The van der Waals surface area contributed by atoms with Crippen LogP contribution in [0.1, 0.15) is 19.3 Å². The number of piperidine rings is 1. The van der Waals surface area contributed by atoms with Gasteiger partial charge in [0.2, 0.25) is 10.0 Å². The highest BCUT2D eigenvalue weighted by atomic mass is 32.2. The molecule has 0 bridgehead atoms. The molecule has 1 fully saturated rings. The number of anilines is 1. The molecule has 2 aliphatic heterocycles. The van der Waals surface area contributed by atoms with Crippen LogP contribution in [-0.2, 0) is 10.0 Å². The van der Waals surface area contributed by atoms with Crippen molar-refractivity contribution in [1.82, 2.24) is 9.62 Å². The molecule has 10 heteroatoms. The van der Waals surface area contributed by atoms with E-state index >= 15 is 0 Å². The van der Waals surface area contributed by atoms with Gasteiger partial charge in [-0.25, -0.2) is 22.3 Å². The number of carbonyl (C=O) groups is 1. The number of benzene rings is 2. The number of hydrogen-bond acceptors (Lipinski definition) is 5. The van der Waals surface area contributed by atoms with Crippen molar-refractivity contribution >= 4 is 21.7 Å². The summed E-state index contributed by atoms with van der Waals surface area (Å²) in [7, 11) is -3.74. The van der Waals surface area contributed by atoms with Gasteiger partial charge in [0.1, 0.15) is 5.82 Å². The molecule has 31 heavy (non-hydrogen) atoms. The van der Waals surface area contributed by atoms with Crippen molar-refractivity contribution in [2.45, 2.75) is 30.2 Å². The molecule has 0 saturated carbocycles. The molecule has 0 atom stereocenters. The lowest BCUT2D eigenvalue weighted by Crippen LogP contribution is -2.47. The highest BCUT2D eigenvalue weighted by molar-refractivity contribution is 7.89. The van der Waals surface area contributed by atoms with Crippen molar-refractivity contribution in [2.24, 2.45) is 0 Å². The van der Waals surface area contributed by atoms with Crippen LogP contribution in [0.25, 0.3) is 0 Å². The number of likely N-dealkylation sites (tertiary alicyclic amines) is 1. The van der Waals surface area contributed by atoms with Gasteiger partial charge in [-0.15, -0.1) is 0 Å². The van der Waals surface area contributed by atoms with Gasteiger partial charge in [-0.2, -0.15) is 0 Å². The molecule has 2 heterocycles. The van der Waals surface area contributed by atoms with E-state index < -0.39 is 15.8 Å². The molecule has 0 spiro atoms. The first-order chi connectivity index (χ1) is 14.9. The van der Waals surface area contributed by atoms with Crippen LogP contribution >= 0.6 is 0 Å². The lowest BCUT2D eigenvalue weighted by molar-refractivity contribution is 0.193. The molecule has 4 rings (SSSR count). The Morgan fingerprint density at radius 3 is 2.39 bits per heavy atom. The highest BCUT2D eigenvalue weighted by Gasteiger charge is 2.27. The second-order valence-electron chi connectivity index (χ2n) is 7.48. The summed E-state index contributed by atoms with van der Waals surface area (Å²) in [5, 5.41) is 2.85. The van der Waals surface area contributed by atoms with Gasteiger partial charge in [0.15, 0.2) is 11.5 Å². The number of urea groups is 1. The van der Waals surface area contributed by atoms with Gasteiger partial charge in [0.05, 0.1) is 18.1 Å². The quantitative estimate of drug-likeness (QED) is 0.748. The van der Waals surface area contributed by atoms with E-state index in [2.05, 4.69) is 10.0 Å².